The van der Waals surface area contributed by atoms with Crippen LogP contribution in [-0.2, 0) is 4.74 Å². The molecule has 0 aliphatic carbocycles. The van der Waals surface area contributed by atoms with E-state index in [-0.39, 0.29) is 18.1 Å². The van der Waals surface area contributed by atoms with Crippen molar-refractivity contribution in [2.45, 2.75) is 32.0 Å². The predicted molar refractivity (Wildman–Crippen MR) is 85.1 cm³/mol. The van der Waals surface area contributed by atoms with Crippen LogP contribution in [0, 0.1) is 12.8 Å². The van der Waals surface area contributed by atoms with E-state index in [4.69, 9.17) is 4.74 Å². The highest BCUT2D eigenvalue weighted by Gasteiger charge is 2.41. The van der Waals surface area contributed by atoms with E-state index < -0.39 is 0 Å². The van der Waals surface area contributed by atoms with Gasteiger partial charge in [-0.3, -0.25) is 9.78 Å². The normalized spacial score (nSPS) is 27.0. The summed E-state index contributed by atoms with van der Waals surface area (Å²) in [5.74, 6) is 0.453. The molecular formula is C16H18N4O2S. The van der Waals surface area contributed by atoms with Crippen LogP contribution < -0.4 is 0 Å². The third-order valence-corrected chi connectivity index (χ3v) is 5.43. The molecule has 2 saturated heterocycles. The van der Waals surface area contributed by atoms with Crippen molar-refractivity contribution in [3.63, 3.8) is 0 Å². The molecule has 2 aromatic rings. The number of likely N-dealkylation sites (tertiary alicyclic amines) is 1. The van der Waals surface area contributed by atoms with Gasteiger partial charge < -0.3 is 9.64 Å². The highest BCUT2D eigenvalue weighted by Crippen LogP contribution is 2.41. The van der Waals surface area contributed by atoms with Crippen molar-refractivity contribution < 1.29 is 9.53 Å². The van der Waals surface area contributed by atoms with E-state index in [1.807, 2.05) is 23.4 Å². The van der Waals surface area contributed by atoms with Gasteiger partial charge in [0.15, 0.2) is 0 Å². The molecule has 7 heteroatoms. The van der Waals surface area contributed by atoms with Crippen LogP contribution in [0.25, 0.3) is 0 Å². The van der Waals surface area contributed by atoms with Gasteiger partial charge in [0, 0.05) is 30.9 Å². The smallest absolute Gasteiger partial charge is 0.274 e. The number of carbonyl (C=O) groups excluding carboxylic acids is 1. The summed E-state index contributed by atoms with van der Waals surface area (Å²) in [4.78, 5) is 27.1. The number of hydrogen-bond acceptors (Lipinski definition) is 6. The minimum atomic E-state index is -0.0581. The number of amides is 1. The van der Waals surface area contributed by atoms with Crippen LogP contribution >= 0.6 is 11.3 Å². The number of ether oxygens (including phenoxy) is 1. The Morgan fingerprint density at radius 2 is 2.26 bits per heavy atom. The fourth-order valence-corrected chi connectivity index (χ4v) is 4.02. The molecule has 0 radical (unpaired) electrons. The molecule has 6 nitrogen and oxygen atoms in total. The molecular weight excluding hydrogens is 312 g/mol. The van der Waals surface area contributed by atoms with Crippen molar-refractivity contribution in [3.8, 4) is 0 Å². The van der Waals surface area contributed by atoms with Gasteiger partial charge in [0.25, 0.3) is 5.91 Å². The molecule has 2 fully saturated rings. The Bertz CT molecular complexity index is 689. The number of thiazole rings is 1. The SMILES string of the molecule is Cc1cnc(C(=O)N2CC[C@H]3C[C@@H](c4nccs4)O[C@@H]3C2)cn1. The van der Waals surface area contributed by atoms with Gasteiger partial charge in [0.1, 0.15) is 16.8 Å². The molecule has 0 spiro atoms. The number of carbonyl (C=O) groups is 1. The van der Waals surface area contributed by atoms with E-state index in [0.29, 0.717) is 18.2 Å². The molecule has 3 atom stereocenters. The second-order valence-corrected chi connectivity index (χ2v) is 7.04. The fraction of sp³-hybridized carbons (Fsp3) is 0.500. The molecule has 2 aliphatic heterocycles. The van der Waals surface area contributed by atoms with Gasteiger partial charge in [-0.1, -0.05) is 0 Å². The van der Waals surface area contributed by atoms with E-state index in [0.717, 1.165) is 30.1 Å². The Morgan fingerprint density at radius 3 is 3.00 bits per heavy atom. The van der Waals surface area contributed by atoms with E-state index >= 15 is 0 Å². The lowest BCUT2D eigenvalue weighted by Crippen LogP contribution is -2.45. The molecule has 4 rings (SSSR count). The number of piperidine rings is 1. The monoisotopic (exact) mass is 330 g/mol. The van der Waals surface area contributed by atoms with Gasteiger partial charge in [-0.05, 0) is 25.7 Å². The maximum absolute atomic E-state index is 12.6. The minimum Gasteiger partial charge on any atom is -0.366 e. The highest BCUT2D eigenvalue weighted by atomic mass is 32.1. The number of rotatable bonds is 2. The van der Waals surface area contributed by atoms with Crippen LogP contribution in [0.15, 0.2) is 24.0 Å². The summed E-state index contributed by atoms with van der Waals surface area (Å²) >= 11 is 1.64. The maximum Gasteiger partial charge on any atom is 0.274 e. The van der Waals surface area contributed by atoms with Crippen molar-refractivity contribution in [1.82, 2.24) is 19.9 Å². The zero-order valence-electron chi connectivity index (χ0n) is 12.9. The third kappa shape index (κ3) is 2.86. The van der Waals surface area contributed by atoms with Crippen LogP contribution in [0.3, 0.4) is 0 Å². The number of nitrogens with zero attached hydrogens (tertiary/aromatic N) is 4. The topological polar surface area (TPSA) is 68.2 Å². The zero-order valence-corrected chi connectivity index (χ0v) is 13.7. The van der Waals surface area contributed by atoms with Gasteiger partial charge >= 0.3 is 0 Å². The molecule has 2 aliphatic rings. The van der Waals surface area contributed by atoms with Crippen molar-refractivity contribution >= 4 is 17.2 Å². The van der Waals surface area contributed by atoms with E-state index in [1.165, 1.54) is 0 Å². The Balaban J connectivity index is 1.44. The van der Waals surface area contributed by atoms with Crippen LogP contribution in [0.4, 0.5) is 0 Å². The molecule has 0 saturated carbocycles. The highest BCUT2D eigenvalue weighted by molar-refractivity contribution is 7.09. The Hall–Kier alpha value is -1.86. The van der Waals surface area contributed by atoms with Gasteiger partial charge in [-0.15, -0.1) is 11.3 Å². The maximum atomic E-state index is 12.6. The first-order chi connectivity index (χ1) is 11.2. The number of fused-ring (bicyclic) bond motifs is 1. The standard InChI is InChI=1S/C16H18N4O2S/c1-10-7-19-12(8-18-10)16(21)20-4-2-11-6-13(22-14(11)9-20)15-17-3-5-23-15/h3,5,7-8,11,13-14H,2,4,6,9H2,1H3/t11-,13-,14+/m0/s1. The lowest BCUT2D eigenvalue weighted by atomic mass is 9.91. The number of aromatic nitrogens is 3. The molecule has 23 heavy (non-hydrogen) atoms. The summed E-state index contributed by atoms with van der Waals surface area (Å²) in [6.45, 7) is 3.24. The fourth-order valence-electron chi connectivity index (χ4n) is 3.33. The Labute approximate surface area is 138 Å². The van der Waals surface area contributed by atoms with Gasteiger partial charge in [-0.25, -0.2) is 9.97 Å². The lowest BCUT2D eigenvalue weighted by molar-refractivity contribution is -0.00465. The van der Waals surface area contributed by atoms with Crippen molar-refractivity contribution in [3.05, 3.63) is 40.4 Å². The van der Waals surface area contributed by atoms with Crippen LogP contribution in [0.5, 0.6) is 0 Å². The number of aryl methyl sites for hydroxylation is 1. The van der Waals surface area contributed by atoms with Crippen LogP contribution in [-0.4, -0.2) is 45.0 Å². The molecule has 2 aromatic heterocycles. The van der Waals surface area contributed by atoms with Gasteiger partial charge in [0.2, 0.25) is 0 Å². The van der Waals surface area contributed by atoms with E-state index in [2.05, 4.69) is 15.0 Å². The van der Waals surface area contributed by atoms with E-state index in [1.54, 1.807) is 23.7 Å². The van der Waals surface area contributed by atoms with Crippen molar-refractivity contribution in [2.24, 2.45) is 5.92 Å². The minimum absolute atomic E-state index is 0.0581. The molecule has 4 heterocycles. The van der Waals surface area contributed by atoms with Gasteiger partial charge in [0.05, 0.1) is 18.0 Å². The third-order valence-electron chi connectivity index (χ3n) is 4.57. The van der Waals surface area contributed by atoms with Crippen LogP contribution in [0.1, 0.15) is 40.1 Å². The largest absolute Gasteiger partial charge is 0.366 e. The van der Waals surface area contributed by atoms with Crippen molar-refractivity contribution in [2.75, 3.05) is 13.1 Å². The summed E-state index contributed by atoms with van der Waals surface area (Å²) in [6.07, 6.45) is 7.15. The predicted octanol–water partition coefficient (Wildman–Crippen LogP) is 2.23. The molecule has 0 unspecified atom stereocenters. The molecule has 0 bridgehead atoms. The summed E-state index contributed by atoms with van der Waals surface area (Å²) in [5, 5.41) is 3.02. The van der Waals surface area contributed by atoms with Crippen LogP contribution in [0.2, 0.25) is 0 Å². The Kier molecular flexibility index (Phi) is 3.82. The second kappa shape index (κ2) is 5.98. The summed E-state index contributed by atoms with van der Waals surface area (Å²) < 4.78 is 6.16. The molecule has 120 valence electrons. The van der Waals surface area contributed by atoms with Crippen molar-refractivity contribution in [1.29, 1.82) is 0 Å². The Morgan fingerprint density at radius 1 is 1.35 bits per heavy atom. The summed E-state index contributed by atoms with van der Waals surface area (Å²) in [6, 6.07) is 0. The summed E-state index contributed by atoms with van der Waals surface area (Å²) in [7, 11) is 0. The average molecular weight is 330 g/mol. The molecule has 0 N–H and O–H groups in total. The molecule has 1 amide bonds. The zero-order chi connectivity index (χ0) is 15.8. The summed E-state index contributed by atoms with van der Waals surface area (Å²) in [5.41, 5.74) is 1.22. The van der Waals surface area contributed by atoms with Gasteiger partial charge in [-0.2, -0.15) is 0 Å². The molecule has 0 aromatic carbocycles. The lowest BCUT2D eigenvalue weighted by Gasteiger charge is -2.33. The quantitative estimate of drug-likeness (QED) is 0.845. The average Bonchev–Trinajstić information content (AvgIpc) is 3.23. The van der Waals surface area contributed by atoms with E-state index in [9.17, 15) is 4.79 Å². The first-order valence-electron chi connectivity index (χ1n) is 7.83. The first kappa shape index (κ1) is 14.7. The number of hydrogen-bond donors (Lipinski definition) is 0. The first-order valence-corrected chi connectivity index (χ1v) is 8.71. The second-order valence-electron chi connectivity index (χ2n) is 6.11.